The molecule has 0 fully saturated rings. The van der Waals surface area contributed by atoms with Gasteiger partial charge in [0, 0.05) is 14.1 Å². The van der Waals surface area contributed by atoms with E-state index in [0.29, 0.717) is 0 Å². The number of carbonyl (C=O) groups is 1. The Hall–Kier alpha value is -2.64. The normalized spacial score (nSPS) is 9.88. The van der Waals surface area contributed by atoms with E-state index in [-0.39, 0.29) is 0 Å². The second-order valence-corrected chi connectivity index (χ2v) is 7.79. The van der Waals surface area contributed by atoms with Crippen LogP contribution in [0, 0.1) is 0 Å². The molecule has 0 radical (unpaired) electrons. The fourth-order valence-corrected chi connectivity index (χ4v) is 4.48. The molecule has 0 aliphatic carbocycles. The van der Waals surface area contributed by atoms with Crippen LogP contribution in [0.3, 0.4) is 0 Å². The standard InChI is InChI=1S/C18H15P.C3H8N2O/c1-4-10-16(11-5-1)19(17-12-6-2-7-13-17)18-14-8-3-9-15-18;1-5(2)3(4)6/h1-15H;1-2H3,(H2,4,6). The lowest BCUT2D eigenvalue weighted by atomic mass is 10.4. The lowest BCUT2D eigenvalue weighted by Crippen LogP contribution is -2.27. The van der Waals surface area contributed by atoms with E-state index >= 15 is 0 Å². The predicted octanol–water partition coefficient (Wildman–Crippen LogP) is 3.07. The van der Waals surface area contributed by atoms with E-state index < -0.39 is 14.0 Å². The molecule has 3 aromatic carbocycles. The van der Waals surface area contributed by atoms with Crippen molar-refractivity contribution in [3.63, 3.8) is 0 Å². The predicted molar refractivity (Wildman–Crippen MR) is 108 cm³/mol. The summed E-state index contributed by atoms with van der Waals surface area (Å²) in [6.45, 7) is 0. The van der Waals surface area contributed by atoms with Crippen molar-refractivity contribution in [2.24, 2.45) is 5.73 Å². The first kappa shape index (κ1) is 18.7. The number of carbonyl (C=O) groups excluding carboxylic acids is 1. The van der Waals surface area contributed by atoms with Crippen LogP contribution < -0.4 is 21.6 Å². The summed E-state index contributed by atoms with van der Waals surface area (Å²) in [5.41, 5.74) is 4.72. The van der Waals surface area contributed by atoms with Gasteiger partial charge in [0.05, 0.1) is 0 Å². The second-order valence-electron chi connectivity index (χ2n) is 5.57. The molecule has 3 rings (SSSR count). The molecule has 4 heteroatoms. The zero-order valence-electron chi connectivity index (χ0n) is 14.5. The number of hydrogen-bond acceptors (Lipinski definition) is 1. The van der Waals surface area contributed by atoms with Crippen molar-refractivity contribution in [3.05, 3.63) is 91.0 Å². The van der Waals surface area contributed by atoms with Crippen LogP contribution in [0.1, 0.15) is 0 Å². The lowest BCUT2D eigenvalue weighted by molar-refractivity contribution is 0.227. The van der Waals surface area contributed by atoms with Gasteiger partial charge in [0.2, 0.25) is 0 Å². The smallest absolute Gasteiger partial charge is 0.314 e. The zero-order valence-corrected chi connectivity index (χ0v) is 15.4. The minimum atomic E-state index is -0.446. The van der Waals surface area contributed by atoms with E-state index in [2.05, 4.69) is 91.0 Å². The van der Waals surface area contributed by atoms with Crippen LogP contribution in [-0.2, 0) is 0 Å². The number of benzene rings is 3. The molecule has 0 aliphatic heterocycles. The number of urea groups is 1. The summed E-state index contributed by atoms with van der Waals surface area (Å²) in [5, 5.41) is 4.19. The van der Waals surface area contributed by atoms with Crippen molar-refractivity contribution in [1.82, 2.24) is 4.90 Å². The molecule has 0 saturated carbocycles. The number of amides is 2. The summed E-state index contributed by atoms with van der Waals surface area (Å²) in [6.07, 6.45) is 0. The highest BCUT2D eigenvalue weighted by Crippen LogP contribution is 2.32. The fraction of sp³-hybridized carbons (Fsp3) is 0.0952. The van der Waals surface area contributed by atoms with E-state index in [1.165, 1.54) is 20.8 Å². The molecule has 2 amide bonds. The van der Waals surface area contributed by atoms with Crippen LogP contribution >= 0.6 is 7.92 Å². The van der Waals surface area contributed by atoms with Crippen molar-refractivity contribution >= 4 is 29.9 Å². The van der Waals surface area contributed by atoms with E-state index in [4.69, 9.17) is 5.73 Å². The lowest BCUT2D eigenvalue weighted by Gasteiger charge is -2.18. The summed E-state index contributed by atoms with van der Waals surface area (Å²) in [7, 11) is 2.75. The van der Waals surface area contributed by atoms with Gasteiger partial charge in [-0.2, -0.15) is 0 Å². The maximum absolute atomic E-state index is 9.85. The number of primary amides is 1. The topological polar surface area (TPSA) is 46.3 Å². The number of nitrogens with two attached hydrogens (primary N) is 1. The molecule has 0 aliphatic rings. The van der Waals surface area contributed by atoms with Crippen molar-refractivity contribution in [2.75, 3.05) is 14.1 Å². The Kier molecular flexibility index (Phi) is 7.18. The first-order valence-corrected chi connectivity index (χ1v) is 9.36. The third-order valence-corrected chi connectivity index (χ3v) is 5.93. The Balaban J connectivity index is 0.000000326. The molecule has 0 aromatic heterocycles. The Morgan fingerprint density at radius 2 is 0.920 bits per heavy atom. The largest absolute Gasteiger partial charge is 0.352 e. The SMILES string of the molecule is CN(C)C(N)=O.c1ccc(P(c2ccccc2)c2ccccc2)cc1. The van der Waals surface area contributed by atoms with E-state index in [1.807, 2.05) is 0 Å². The molecule has 0 atom stereocenters. The van der Waals surface area contributed by atoms with Crippen LogP contribution in [0.5, 0.6) is 0 Å². The molecular formula is C21H23N2OP. The highest BCUT2D eigenvalue weighted by Gasteiger charge is 2.14. The number of nitrogens with zero attached hydrogens (tertiary/aromatic N) is 1. The van der Waals surface area contributed by atoms with Gasteiger partial charge in [0.15, 0.2) is 0 Å². The molecule has 0 saturated heterocycles. The van der Waals surface area contributed by atoms with E-state index in [1.54, 1.807) is 14.1 Å². The molecule has 128 valence electrons. The minimum Gasteiger partial charge on any atom is -0.352 e. The fourth-order valence-electron chi connectivity index (χ4n) is 2.18. The average Bonchev–Trinajstić information content (AvgIpc) is 2.65. The molecule has 0 bridgehead atoms. The highest BCUT2D eigenvalue weighted by molar-refractivity contribution is 7.79. The van der Waals surface area contributed by atoms with E-state index in [9.17, 15) is 4.79 Å². The van der Waals surface area contributed by atoms with Gasteiger partial charge in [-0.3, -0.25) is 0 Å². The van der Waals surface area contributed by atoms with Gasteiger partial charge in [-0.15, -0.1) is 0 Å². The number of hydrogen-bond donors (Lipinski definition) is 1. The first-order valence-electron chi connectivity index (χ1n) is 8.01. The Morgan fingerprint density at radius 1 is 0.680 bits per heavy atom. The van der Waals surface area contributed by atoms with Crippen LogP contribution in [0.25, 0.3) is 0 Å². The monoisotopic (exact) mass is 350 g/mol. The van der Waals surface area contributed by atoms with Crippen molar-refractivity contribution < 1.29 is 4.79 Å². The van der Waals surface area contributed by atoms with Gasteiger partial charge in [0.1, 0.15) is 0 Å². The van der Waals surface area contributed by atoms with Crippen LogP contribution in [0.2, 0.25) is 0 Å². The van der Waals surface area contributed by atoms with Gasteiger partial charge < -0.3 is 10.6 Å². The van der Waals surface area contributed by atoms with Gasteiger partial charge in [-0.05, 0) is 23.8 Å². The average molecular weight is 350 g/mol. The Morgan fingerprint density at radius 3 is 1.12 bits per heavy atom. The minimum absolute atomic E-state index is 0.407. The molecule has 0 unspecified atom stereocenters. The van der Waals surface area contributed by atoms with Crippen LogP contribution in [0.15, 0.2) is 91.0 Å². The van der Waals surface area contributed by atoms with Gasteiger partial charge >= 0.3 is 6.03 Å². The molecule has 25 heavy (non-hydrogen) atoms. The Labute approximate surface area is 150 Å². The van der Waals surface area contributed by atoms with Crippen LogP contribution in [0.4, 0.5) is 4.79 Å². The zero-order chi connectivity index (χ0) is 18.1. The summed E-state index contributed by atoms with van der Waals surface area (Å²) in [4.78, 5) is 11.2. The van der Waals surface area contributed by atoms with Gasteiger partial charge in [0.25, 0.3) is 0 Å². The number of rotatable bonds is 3. The highest BCUT2D eigenvalue weighted by atomic mass is 31.1. The van der Waals surface area contributed by atoms with Crippen molar-refractivity contribution in [2.45, 2.75) is 0 Å². The second kappa shape index (κ2) is 9.61. The summed E-state index contributed by atoms with van der Waals surface area (Å²) in [6, 6.07) is 31.9. The van der Waals surface area contributed by atoms with Crippen LogP contribution in [-0.4, -0.2) is 25.0 Å². The molecule has 3 nitrogen and oxygen atoms in total. The Bertz CT molecular complexity index is 668. The van der Waals surface area contributed by atoms with Gasteiger partial charge in [-0.1, -0.05) is 91.0 Å². The van der Waals surface area contributed by atoms with E-state index in [0.717, 1.165) is 0 Å². The third kappa shape index (κ3) is 5.74. The maximum Gasteiger partial charge on any atom is 0.314 e. The molecule has 0 spiro atoms. The van der Waals surface area contributed by atoms with Gasteiger partial charge in [-0.25, -0.2) is 4.79 Å². The first-order chi connectivity index (χ1) is 12.1. The summed E-state index contributed by atoms with van der Waals surface area (Å²) in [5.74, 6) is 0. The summed E-state index contributed by atoms with van der Waals surface area (Å²) < 4.78 is 0. The molecule has 2 N–H and O–H groups in total. The molecule has 0 heterocycles. The van der Waals surface area contributed by atoms with Crippen molar-refractivity contribution in [1.29, 1.82) is 0 Å². The molecular weight excluding hydrogens is 327 g/mol. The maximum atomic E-state index is 9.85. The quantitative estimate of drug-likeness (QED) is 0.725. The van der Waals surface area contributed by atoms with Crippen molar-refractivity contribution in [3.8, 4) is 0 Å². The third-order valence-electron chi connectivity index (χ3n) is 3.48. The molecule has 3 aromatic rings. The summed E-state index contributed by atoms with van der Waals surface area (Å²) >= 11 is 0.